The lowest BCUT2D eigenvalue weighted by Gasteiger charge is -2.29. The molecule has 0 amide bonds. The number of nitrogens with zero attached hydrogens (tertiary/aromatic N) is 5. The van der Waals surface area contributed by atoms with Crippen LogP contribution in [0.1, 0.15) is 48.7 Å². The second-order valence-corrected chi connectivity index (χ2v) is 10.2. The highest BCUT2D eigenvalue weighted by atomic mass is 32.2. The summed E-state index contributed by atoms with van der Waals surface area (Å²) in [4.78, 5) is 15.5. The summed E-state index contributed by atoms with van der Waals surface area (Å²) >= 11 is 1.34. The van der Waals surface area contributed by atoms with Gasteiger partial charge in [0.2, 0.25) is 5.16 Å². The molecule has 0 fully saturated rings. The second-order valence-electron chi connectivity index (χ2n) is 9.45. The van der Waals surface area contributed by atoms with Gasteiger partial charge >= 0.3 is 0 Å². The first kappa shape index (κ1) is 24.2. The molecule has 1 aromatic heterocycles. The average molecular weight is 478 g/mol. The number of rotatable bonds is 6. The Morgan fingerprint density at radius 2 is 1.91 bits per heavy atom. The topological polar surface area (TPSA) is 72.6 Å². The molecule has 4 rings (SSSR count). The number of ether oxygens (including phenoxy) is 1. The molecule has 3 aromatic rings. The third kappa shape index (κ3) is 5.23. The van der Waals surface area contributed by atoms with Crippen molar-refractivity contribution in [3.05, 3.63) is 80.8 Å². The minimum atomic E-state index is -0.418. The highest BCUT2D eigenvalue weighted by molar-refractivity contribution is 7.98. The Hall–Kier alpha value is -2.97. The molecule has 7 nitrogen and oxygen atoms in total. The Labute approximate surface area is 204 Å². The molecule has 0 N–H and O–H groups in total. The van der Waals surface area contributed by atoms with E-state index in [1.807, 2.05) is 39.2 Å². The van der Waals surface area contributed by atoms with Gasteiger partial charge in [-0.25, -0.2) is 0 Å². The molecule has 2 aromatic carbocycles. The first-order chi connectivity index (χ1) is 16.3. The van der Waals surface area contributed by atoms with Crippen molar-refractivity contribution >= 4 is 18.0 Å². The van der Waals surface area contributed by atoms with Gasteiger partial charge in [0.05, 0.1) is 13.3 Å². The maximum absolute atomic E-state index is 13.1. The van der Waals surface area contributed by atoms with Crippen molar-refractivity contribution in [2.24, 2.45) is 5.10 Å². The molecular weight excluding hydrogens is 446 g/mol. The maximum Gasteiger partial charge on any atom is 0.297 e. The van der Waals surface area contributed by atoms with Crippen LogP contribution in [0.25, 0.3) is 0 Å². The Morgan fingerprint density at radius 3 is 2.62 bits per heavy atom. The van der Waals surface area contributed by atoms with Gasteiger partial charge in [0, 0.05) is 30.6 Å². The summed E-state index contributed by atoms with van der Waals surface area (Å²) in [5.41, 5.74) is 4.52. The molecule has 0 saturated heterocycles. The summed E-state index contributed by atoms with van der Waals surface area (Å²) in [7, 11) is 1.69. The van der Waals surface area contributed by atoms with Crippen LogP contribution in [0.2, 0.25) is 0 Å². The average Bonchev–Trinajstić information content (AvgIpc) is 2.82. The van der Waals surface area contributed by atoms with Crippen molar-refractivity contribution < 1.29 is 4.74 Å². The number of hydrogen-bond acceptors (Lipinski definition) is 7. The SMILES string of the molecule is COc1ccc(C=Nn2c(SC)nnc(C(C)(C)C)c2=O)cc1CN1CCc2ccccc2C1. The number of methoxy groups -OCH3 is 1. The Bertz CT molecular complexity index is 1260. The van der Waals surface area contributed by atoms with E-state index >= 15 is 0 Å². The summed E-state index contributed by atoms with van der Waals surface area (Å²) in [5, 5.41) is 13.3. The number of benzene rings is 2. The molecule has 1 aliphatic heterocycles. The first-order valence-corrected chi connectivity index (χ1v) is 12.6. The maximum atomic E-state index is 13.1. The second kappa shape index (κ2) is 10.1. The van der Waals surface area contributed by atoms with E-state index in [0.29, 0.717) is 10.9 Å². The monoisotopic (exact) mass is 477 g/mol. The van der Waals surface area contributed by atoms with E-state index in [2.05, 4.69) is 50.5 Å². The molecule has 178 valence electrons. The molecule has 0 aliphatic carbocycles. The van der Waals surface area contributed by atoms with Gasteiger partial charge in [-0.2, -0.15) is 9.78 Å². The Morgan fingerprint density at radius 1 is 1.15 bits per heavy atom. The zero-order valence-corrected chi connectivity index (χ0v) is 21.2. The summed E-state index contributed by atoms with van der Waals surface area (Å²) in [6, 6.07) is 14.6. The van der Waals surface area contributed by atoms with Crippen LogP contribution in [0.15, 0.2) is 57.5 Å². The van der Waals surface area contributed by atoms with Gasteiger partial charge in [0.15, 0.2) is 0 Å². The number of thioether (sulfide) groups is 1. The molecule has 0 saturated carbocycles. The standard InChI is InChI=1S/C26H31N5O2S/c1-26(2,3)23-24(32)31(25(34-5)29-28-23)27-15-18-10-11-22(33-4)21(14-18)17-30-13-12-19-8-6-7-9-20(19)16-30/h6-11,14-15H,12-13,16-17H2,1-5H3. The molecule has 2 heterocycles. The lowest BCUT2D eigenvalue weighted by Crippen LogP contribution is -2.32. The fraction of sp³-hybridized carbons (Fsp3) is 0.385. The van der Waals surface area contributed by atoms with Gasteiger partial charge in [-0.15, -0.1) is 10.2 Å². The van der Waals surface area contributed by atoms with Crippen molar-refractivity contribution in [2.75, 3.05) is 19.9 Å². The minimum absolute atomic E-state index is 0.246. The molecular formula is C26H31N5O2S. The summed E-state index contributed by atoms with van der Waals surface area (Å²) in [6.07, 6.45) is 4.60. The van der Waals surface area contributed by atoms with E-state index in [-0.39, 0.29) is 5.56 Å². The normalized spacial score (nSPS) is 14.4. The van der Waals surface area contributed by atoms with Crippen molar-refractivity contribution in [1.82, 2.24) is 19.8 Å². The predicted molar refractivity (Wildman–Crippen MR) is 137 cm³/mol. The number of aromatic nitrogens is 3. The lowest BCUT2D eigenvalue weighted by molar-refractivity contribution is 0.241. The summed E-state index contributed by atoms with van der Waals surface area (Å²) in [6.45, 7) is 8.53. The zero-order valence-electron chi connectivity index (χ0n) is 20.4. The van der Waals surface area contributed by atoms with Crippen molar-refractivity contribution in [3.8, 4) is 5.75 Å². The largest absolute Gasteiger partial charge is 0.496 e. The molecule has 0 spiro atoms. The van der Waals surface area contributed by atoms with Crippen LogP contribution < -0.4 is 10.3 Å². The third-order valence-corrected chi connectivity index (χ3v) is 6.55. The smallest absolute Gasteiger partial charge is 0.297 e. The van der Waals surface area contributed by atoms with E-state index < -0.39 is 5.41 Å². The minimum Gasteiger partial charge on any atom is -0.496 e. The molecule has 0 unspecified atom stereocenters. The van der Waals surface area contributed by atoms with Crippen LogP contribution in [-0.4, -0.2) is 45.9 Å². The van der Waals surface area contributed by atoms with Crippen molar-refractivity contribution in [3.63, 3.8) is 0 Å². The van der Waals surface area contributed by atoms with Crippen LogP contribution in [0, 0.1) is 0 Å². The Kier molecular flexibility index (Phi) is 7.19. The van der Waals surface area contributed by atoms with Crippen LogP contribution in [0.4, 0.5) is 0 Å². The molecule has 0 atom stereocenters. The third-order valence-electron chi connectivity index (χ3n) is 5.94. The number of fused-ring (bicyclic) bond motifs is 1. The highest BCUT2D eigenvalue weighted by Crippen LogP contribution is 2.25. The Balaban J connectivity index is 1.61. The van der Waals surface area contributed by atoms with Crippen LogP contribution in [0.5, 0.6) is 5.75 Å². The van der Waals surface area contributed by atoms with E-state index in [4.69, 9.17) is 4.74 Å². The van der Waals surface area contributed by atoms with Crippen LogP contribution in [0.3, 0.4) is 0 Å². The van der Waals surface area contributed by atoms with Crippen molar-refractivity contribution in [2.45, 2.75) is 50.9 Å². The molecule has 8 heteroatoms. The van der Waals surface area contributed by atoms with E-state index in [1.165, 1.54) is 27.6 Å². The van der Waals surface area contributed by atoms with Gasteiger partial charge in [0.25, 0.3) is 5.56 Å². The van der Waals surface area contributed by atoms with E-state index in [1.54, 1.807) is 13.3 Å². The fourth-order valence-corrected chi connectivity index (χ4v) is 4.55. The number of hydrogen-bond donors (Lipinski definition) is 0. The van der Waals surface area contributed by atoms with Gasteiger partial charge < -0.3 is 4.74 Å². The molecule has 1 aliphatic rings. The highest BCUT2D eigenvalue weighted by Gasteiger charge is 2.23. The summed E-state index contributed by atoms with van der Waals surface area (Å²) in [5.74, 6) is 0.846. The van der Waals surface area contributed by atoms with Crippen LogP contribution in [-0.2, 0) is 24.9 Å². The summed E-state index contributed by atoms with van der Waals surface area (Å²) < 4.78 is 6.97. The molecule has 0 bridgehead atoms. The lowest BCUT2D eigenvalue weighted by atomic mass is 9.93. The van der Waals surface area contributed by atoms with Gasteiger partial charge in [-0.1, -0.05) is 56.8 Å². The van der Waals surface area contributed by atoms with E-state index in [0.717, 1.165) is 42.9 Å². The quantitative estimate of drug-likeness (QED) is 0.393. The van der Waals surface area contributed by atoms with Gasteiger partial charge in [-0.05, 0) is 47.6 Å². The van der Waals surface area contributed by atoms with Gasteiger partial charge in [0.1, 0.15) is 11.4 Å². The van der Waals surface area contributed by atoms with Crippen LogP contribution >= 0.6 is 11.8 Å². The van der Waals surface area contributed by atoms with Crippen molar-refractivity contribution in [1.29, 1.82) is 0 Å². The zero-order chi connectivity index (χ0) is 24.3. The van der Waals surface area contributed by atoms with E-state index in [9.17, 15) is 4.79 Å². The van der Waals surface area contributed by atoms with Gasteiger partial charge in [-0.3, -0.25) is 9.69 Å². The predicted octanol–water partition coefficient (Wildman–Crippen LogP) is 4.11. The molecule has 34 heavy (non-hydrogen) atoms. The molecule has 0 radical (unpaired) electrons. The first-order valence-electron chi connectivity index (χ1n) is 11.3. The fourth-order valence-electron chi connectivity index (χ4n) is 4.12.